The fraction of sp³-hybridized carbons (Fsp3) is 0.500. The van der Waals surface area contributed by atoms with E-state index in [1.807, 2.05) is 4.90 Å². The van der Waals surface area contributed by atoms with Crippen molar-refractivity contribution in [3.05, 3.63) is 29.8 Å². The zero-order chi connectivity index (χ0) is 17.0. The Balaban J connectivity index is 2.10. The number of rotatable bonds is 4. The molecule has 1 aromatic rings. The maximum Gasteiger partial charge on any atom is 0.242 e. The number of benzene rings is 1. The Labute approximate surface area is 137 Å². The topological polar surface area (TPSA) is 57.7 Å². The van der Waals surface area contributed by atoms with E-state index in [2.05, 4.69) is 6.92 Å². The van der Waals surface area contributed by atoms with Crippen molar-refractivity contribution in [3.8, 4) is 0 Å². The first-order valence-electron chi connectivity index (χ1n) is 8.05. The van der Waals surface area contributed by atoms with Crippen molar-refractivity contribution in [2.24, 2.45) is 5.92 Å². The average molecular weight is 316 g/mol. The standard InChI is InChI=1S/C18H24N2O3/c1-13-5-4-10-19(11-13)18(23)12-20(15(3)22)17-8-6-16(7-9-17)14(2)21/h6-9,13H,4-5,10-12H2,1-3H3. The molecule has 2 amide bonds. The van der Waals surface area contributed by atoms with Gasteiger partial charge in [-0.1, -0.05) is 6.92 Å². The molecule has 5 nitrogen and oxygen atoms in total. The molecule has 124 valence electrons. The summed E-state index contributed by atoms with van der Waals surface area (Å²) in [6, 6.07) is 6.79. The molecule has 0 radical (unpaired) electrons. The highest BCUT2D eigenvalue weighted by molar-refractivity contribution is 5.98. The van der Waals surface area contributed by atoms with Gasteiger partial charge in [-0.05, 0) is 49.9 Å². The zero-order valence-electron chi connectivity index (χ0n) is 14.0. The summed E-state index contributed by atoms with van der Waals surface area (Å²) in [5.41, 5.74) is 1.23. The van der Waals surface area contributed by atoms with Gasteiger partial charge < -0.3 is 9.80 Å². The van der Waals surface area contributed by atoms with Crippen LogP contribution in [-0.2, 0) is 9.59 Å². The molecule has 1 saturated heterocycles. The summed E-state index contributed by atoms with van der Waals surface area (Å²) in [4.78, 5) is 39.1. The van der Waals surface area contributed by atoms with E-state index in [1.54, 1.807) is 24.3 Å². The van der Waals surface area contributed by atoms with Gasteiger partial charge >= 0.3 is 0 Å². The van der Waals surface area contributed by atoms with Crippen LogP contribution in [0.5, 0.6) is 0 Å². The number of ketones is 1. The zero-order valence-corrected chi connectivity index (χ0v) is 14.0. The van der Waals surface area contributed by atoms with Crippen LogP contribution >= 0.6 is 0 Å². The lowest BCUT2D eigenvalue weighted by Gasteiger charge is -2.32. The molecular formula is C18H24N2O3. The minimum Gasteiger partial charge on any atom is -0.341 e. The smallest absolute Gasteiger partial charge is 0.242 e. The summed E-state index contributed by atoms with van der Waals surface area (Å²) < 4.78 is 0. The predicted octanol–water partition coefficient (Wildman–Crippen LogP) is 2.50. The van der Waals surface area contributed by atoms with Crippen LogP contribution in [0.2, 0.25) is 0 Å². The maximum atomic E-state index is 12.5. The number of carbonyl (C=O) groups excluding carboxylic acids is 3. The molecule has 0 spiro atoms. The minimum atomic E-state index is -0.181. The molecule has 0 aliphatic carbocycles. The molecule has 0 aromatic heterocycles. The fourth-order valence-electron chi connectivity index (χ4n) is 2.91. The van der Waals surface area contributed by atoms with Gasteiger partial charge in [-0.15, -0.1) is 0 Å². The number of nitrogens with zero attached hydrogens (tertiary/aromatic N) is 2. The number of piperidine rings is 1. The third-order valence-corrected chi connectivity index (χ3v) is 4.27. The monoisotopic (exact) mass is 316 g/mol. The highest BCUT2D eigenvalue weighted by Crippen LogP contribution is 2.19. The van der Waals surface area contributed by atoms with Gasteiger partial charge in [0, 0.05) is 31.3 Å². The predicted molar refractivity (Wildman–Crippen MR) is 89.5 cm³/mol. The van der Waals surface area contributed by atoms with Gasteiger partial charge in [-0.3, -0.25) is 14.4 Å². The van der Waals surface area contributed by atoms with Gasteiger partial charge in [0.2, 0.25) is 11.8 Å². The lowest BCUT2D eigenvalue weighted by molar-refractivity contribution is -0.132. The van der Waals surface area contributed by atoms with Crippen LogP contribution < -0.4 is 4.90 Å². The van der Waals surface area contributed by atoms with Crippen molar-refractivity contribution in [1.82, 2.24) is 4.90 Å². The first kappa shape index (κ1) is 17.2. The van der Waals surface area contributed by atoms with Crippen LogP contribution in [0.25, 0.3) is 0 Å². The van der Waals surface area contributed by atoms with Crippen LogP contribution in [0.15, 0.2) is 24.3 Å². The SMILES string of the molecule is CC(=O)c1ccc(N(CC(=O)N2CCCC(C)C2)C(C)=O)cc1. The van der Waals surface area contributed by atoms with Crippen molar-refractivity contribution in [2.45, 2.75) is 33.6 Å². The number of hydrogen-bond donors (Lipinski definition) is 0. The van der Waals surface area contributed by atoms with Crippen molar-refractivity contribution in [2.75, 3.05) is 24.5 Å². The summed E-state index contributed by atoms with van der Waals surface area (Å²) in [7, 11) is 0. The normalized spacial score (nSPS) is 17.7. The Morgan fingerprint density at radius 2 is 1.83 bits per heavy atom. The van der Waals surface area contributed by atoms with Crippen LogP contribution in [-0.4, -0.2) is 42.1 Å². The molecule has 23 heavy (non-hydrogen) atoms. The van der Waals surface area contributed by atoms with Gasteiger partial charge in [-0.25, -0.2) is 0 Å². The average Bonchev–Trinajstić information content (AvgIpc) is 2.52. The van der Waals surface area contributed by atoms with Crippen molar-refractivity contribution >= 4 is 23.3 Å². The van der Waals surface area contributed by atoms with Gasteiger partial charge in [0.1, 0.15) is 6.54 Å². The molecule has 1 aromatic carbocycles. The Bertz CT molecular complexity index is 595. The Morgan fingerprint density at radius 1 is 1.17 bits per heavy atom. The van der Waals surface area contributed by atoms with Crippen molar-refractivity contribution in [1.29, 1.82) is 0 Å². The van der Waals surface area contributed by atoms with E-state index >= 15 is 0 Å². The fourth-order valence-corrected chi connectivity index (χ4v) is 2.91. The molecule has 5 heteroatoms. The Kier molecular flexibility index (Phi) is 5.53. The summed E-state index contributed by atoms with van der Waals surface area (Å²) >= 11 is 0. The van der Waals surface area contributed by atoms with Crippen LogP contribution in [0, 0.1) is 5.92 Å². The molecule has 1 aliphatic heterocycles. The molecule has 1 unspecified atom stereocenters. The third kappa shape index (κ3) is 4.41. The summed E-state index contributed by atoms with van der Waals surface area (Å²) in [6.45, 7) is 6.65. The lowest BCUT2D eigenvalue weighted by Crippen LogP contribution is -2.46. The number of Topliss-reactive ketones (excluding diaryl/α,β-unsaturated/α-hetero) is 1. The van der Waals surface area contributed by atoms with Crippen LogP contribution in [0.4, 0.5) is 5.69 Å². The van der Waals surface area contributed by atoms with Crippen molar-refractivity contribution in [3.63, 3.8) is 0 Å². The largest absolute Gasteiger partial charge is 0.341 e. The van der Waals surface area contributed by atoms with E-state index in [9.17, 15) is 14.4 Å². The van der Waals surface area contributed by atoms with Gasteiger partial charge in [0.15, 0.2) is 5.78 Å². The summed E-state index contributed by atoms with van der Waals surface area (Å²) in [5.74, 6) is 0.277. The second-order valence-corrected chi connectivity index (χ2v) is 6.30. The summed E-state index contributed by atoms with van der Waals surface area (Å²) in [6.07, 6.45) is 2.16. The van der Waals surface area contributed by atoms with Gasteiger partial charge in [0.05, 0.1) is 0 Å². The molecule has 1 aliphatic rings. The van der Waals surface area contributed by atoms with E-state index in [1.165, 1.54) is 18.7 Å². The van der Waals surface area contributed by atoms with Gasteiger partial charge in [0.25, 0.3) is 0 Å². The molecule has 1 atom stereocenters. The van der Waals surface area contributed by atoms with Crippen LogP contribution in [0.1, 0.15) is 44.0 Å². The quantitative estimate of drug-likeness (QED) is 0.802. The number of likely N-dealkylation sites (tertiary alicyclic amines) is 1. The molecule has 1 fully saturated rings. The van der Waals surface area contributed by atoms with Crippen LogP contribution in [0.3, 0.4) is 0 Å². The number of carbonyl (C=O) groups is 3. The lowest BCUT2D eigenvalue weighted by atomic mass is 10.0. The summed E-state index contributed by atoms with van der Waals surface area (Å²) in [5, 5.41) is 0. The number of anilines is 1. The maximum absolute atomic E-state index is 12.5. The van der Waals surface area contributed by atoms with E-state index in [0.29, 0.717) is 17.2 Å². The minimum absolute atomic E-state index is 0.0238. The molecular weight excluding hydrogens is 292 g/mol. The Hall–Kier alpha value is -2.17. The van der Waals surface area contributed by atoms with Gasteiger partial charge in [-0.2, -0.15) is 0 Å². The van der Waals surface area contributed by atoms with E-state index in [4.69, 9.17) is 0 Å². The van der Waals surface area contributed by atoms with E-state index < -0.39 is 0 Å². The second kappa shape index (κ2) is 7.40. The molecule has 0 bridgehead atoms. The highest BCUT2D eigenvalue weighted by atomic mass is 16.2. The van der Waals surface area contributed by atoms with E-state index in [0.717, 1.165) is 25.9 Å². The third-order valence-electron chi connectivity index (χ3n) is 4.27. The van der Waals surface area contributed by atoms with Crippen molar-refractivity contribution < 1.29 is 14.4 Å². The Morgan fingerprint density at radius 3 is 2.35 bits per heavy atom. The number of amides is 2. The molecule has 2 rings (SSSR count). The first-order chi connectivity index (χ1) is 10.9. The number of hydrogen-bond acceptors (Lipinski definition) is 3. The molecule has 1 heterocycles. The second-order valence-electron chi connectivity index (χ2n) is 6.30. The molecule has 0 saturated carbocycles. The highest BCUT2D eigenvalue weighted by Gasteiger charge is 2.24. The first-order valence-corrected chi connectivity index (χ1v) is 8.05. The molecule has 0 N–H and O–H groups in total. The van der Waals surface area contributed by atoms with E-state index in [-0.39, 0.29) is 24.1 Å².